The van der Waals surface area contributed by atoms with Gasteiger partial charge in [0, 0.05) is 0 Å². The van der Waals surface area contributed by atoms with Gasteiger partial charge in [0.25, 0.3) is 0 Å². The first-order chi connectivity index (χ1) is 8.38. The molecule has 0 spiro atoms. The molecule has 0 fully saturated rings. The van der Waals surface area contributed by atoms with Crippen molar-refractivity contribution in [3.63, 3.8) is 0 Å². The van der Waals surface area contributed by atoms with Crippen LogP contribution in [0.5, 0.6) is 0 Å². The number of fused-ring (bicyclic) bond motifs is 1. The fraction of sp³-hybridized carbons (Fsp3) is 0.385. The van der Waals surface area contributed by atoms with Crippen LogP contribution in [0.3, 0.4) is 0 Å². The van der Waals surface area contributed by atoms with E-state index in [4.69, 9.17) is 9.52 Å². The Kier molecular flexibility index (Phi) is 2.98. The number of aromatic nitrogens is 1. The van der Waals surface area contributed by atoms with Gasteiger partial charge in [-0.25, -0.2) is 4.79 Å². The molecule has 1 heterocycles. The lowest BCUT2D eigenvalue weighted by Gasteiger charge is -2.18. The van der Waals surface area contributed by atoms with Crippen LogP contribution in [-0.4, -0.2) is 16.1 Å². The van der Waals surface area contributed by atoms with E-state index in [1.54, 1.807) is 26.0 Å². The zero-order chi connectivity index (χ0) is 13.3. The Morgan fingerprint density at radius 1 is 1.44 bits per heavy atom. The minimum Gasteiger partial charge on any atom is -0.481 e. The molecule has 5 heteroatoms. The molecule has 2 aromatic rings. The maximum atomic E-state index is 11.0. The number of aliphatic carboxylic acids is 1. The second-order valence-electron chi connectivity index (χ2n) is 5.03. The number of carboxylic acid groups (broad SMARTS) is 1. The van der Waals surface area contributed by atoms with Gasteiger partial charge >= 0.3 is 11.7 Å². The molecule has 2 N–H and O–H groups in total. The molecule has 0 radical (unpaired) electrons. The van der Waals surface area contributed by atoms with Crippen molar-refractivity contribution in [2.24, 2.45) is 5.41 Å². The number of oxazole rings is 1. The second-order valence-corrected chi connectivity index (χ2v) is 5.03. The van der Waals surface area contributed by atoms with Crippen molar-refractivity contribution in [1.29, 1.82) is 0 Å². The molecule has 2 rings (SSSR count). The molecule has 96 valence electrons. The average molecular weight is 249 g/mol. The van der Waals surface area contributed by atoms with E-state index in [0.29, 0.717) is 23.9 Å². The molecule has 0 bridgehead atoms. The summed E-state index contributed by atoms with van der Waals surface area (Å²) in [4.78, 5) is 24.6. The van der Waals surface area contributed by atoms with Gasteiger partial charge in [-0.2, -0.15) is 0 Å². The molecule has 0 aliphatic carbocycles. The van der Waals surface area contributed by atoms with Gasteiger partial charge in [-0.1, -0.05) is 6.07 Å². The van der Waals surface area contributed by atoms with E-state index in [2.05, 4.69) is 4.98 Å². The van der Waals surface area contributed by atoms with Gasteiger partial charge in [0.1, 0.15) is 0 Å². The van der Waals surface area contributed by atoms with Crippen LogP contribution in [0.1, 0.15) is 25.8 Å². The average Bonchev–Trinajstić information content (AvgIpc) is 2.65. The Labute approximate surface area is 103 Å². The SMILES string of the molecule is CC(C)(CCc1ccc2[nH]c(=O)oc2c1)C(=O)O. The van der Waals surface area contributed by atoms with Crippen molar-refractivity contribution in [2.75, 3.05) is 0 Å². The predicted molar refractivity (Wildman–Crippen MR) is 66.6 cm³/mol. The number of rotatable bonds is 4. The Balaban J connectivity index is 2.17. The van der Waals surface area contributed by atoms with E-state index in [1.807, 2.05) is 6.07 Å². The van der Waals surface area contributed by atoms with Crippen LogP contribution in [0, 0.1) is 5.41 Å². The van der Waals surface area contributed by atoms with Crippen molar-refractivity contribution < 1.29 is 14.3 Å². The molecule has 18 heavy (non-hydrogen) atoms. The lowest BCUT2D eigenvalue weighted by molar-refractivity contribution is -0.147. The zero-order valence-electron chi connectivity index (χ0n) is 10.3. The summed E-state index contributed by atoms with van der Waals surface area (Å²) in [5.41, 5.74) is 1.36. The Morgan fingerprint density at radius 3 is 2.83 bits per heavy atom. The molecular formula is C13H15NO4. The van der Waals surface area contributed by atoms with E-state index < -0.39 is 17.1 Å². The third-order valence-electron chi connectivity index (χ3n) is 3.10. The molecule has 0 aliphatic rings. The Hall–Kier alpha value is -2.04. The number of carbonyl (C=O) groups is 1. The number of aryl methyl sites for hydroxylation is 1. The molecule has 0 saturated heterocycles. The fourth-order valence-corrected chi connectivity index (χ4v) is 1.71. The summed E-state index contributed by atoms with van der Waals surface area (Å²) >= 11 is 0. The first-order valence-corrected chi connectivity index (χ1v) is 5.74. The summed E-state index contributed by atoms with van der Waals surface area (Å²) in [5.74, 6) is -1.29. The number of hydrogen-bond acceptors (Lipinski definition) is 3. The van der Waals surface area contributed by atoms with Crippen LogP contribution >= 0.6 is 0 Å². The van der Waals surface area contributed by atoms with E-state index in [1.165, 1.54) is 0 Å². The largest absolute Gasteiger partial charge is 0.481 e. The highest BCUT2D eigenvalue weighted by molar-refractivity contribution is 5.74. The van der Waals surface area contributed by atoms with Crippen molar-refractivity contribution in [3.05, 3.63) is 34.3 Å². The van der Waals surface area contributed by atoms with E-state index in [-0.39, 0.29) is 0 Å². The van der Waals surface area contributed by atoms with Crippen LogP contribution in [0.15, 0.2) is 27.4 Å². The van der Waals surface area contributed by atoms with Crippen molar-refractivity contribution in [3.8, 4) is 0 Å². The lowest BCUT2D eigenvalue weighted by Crippen LogP contribution is -2.24. The summed E-state index contributed by atoms with van der Waals surface area (Å²) in [7, 11) is 0. The smallest absolute Gasteiger partial charge is 0.417 e. The highest BCUT2D eigenvalue weighted by atomic mass is 16.4. The third-order valence-corrected chi connectivity index (χ3v) is 3.10. The van der Waals surface area contributed by atoms with Gasteiger partial charge in [0.15, 0.2) is 5.58 Å². The topological polar surface area (TPSA) is 83.3 Å². The zero-order valence-corrected chi connectivity index (χ0v) is 10.3. The predicted octanol–water partition coefficient (Wildman–Crippen LogP) is 2.16. The van der Waals surface area contributed by atoms with Crippen LogP contribution in [-0.2, 0) is 11.2 Å². The summed E-state index contributed by atoms with van der Waals surface area (Å²) < 4.78 is 4.96. The summed E-state index contributed by atoms with van der Waals surface area (Å²) in [5, 5.41) is 9.03. The van der Waals surface area contributed by atoms with Gasteiger partial charge in [0.05, 0.1) is 10.9 Å². The van der Waals surface area contributed by atoms with Crippen molar-refractivity contribution in [1.82, 2.24) is 4.98 Å². The highest BCUT2D eigenvalue weighted by Gasteiger charge is 2.26. The first kappa shape index (κ1) is 12.4. The van der Waals surface area contributed by atoms with E-state index >= 15 is 0 Å². The van der Waals surface area contributed by atoms with Crippen LogP contribution in [0.25, 0.3) is 11.1 Å². The lowest BCUT2D eigenvalue weighted by atomic mass is 9.86. The number of aromatic amines is 1. The molecule has 0 saturated carbocycles. The minimum atomic E-state index is -0.809. The normalized spacial score (nSPS) is 11.9. The second kappa shape index (κ2) is 4.33. The fourth-order valence-electron chi connectivity index (χ4n) is 1.71. The maximum Gasteiger partial charge on any atom is 0.417 e. The van der Waals surface area contributed by atoms with Crippen LogP contribution in [0.2, 0.25) is 0 Å². The Morgan fingerprint density at radius 2 is 2.17 bits per heavy atom. The summed E-state index contributed by atoms with van der Waals surface area (Å²) in [6.45, 7) is 3.40. The number of carboxylic acids is 1. The van der Waals surface area contributed by atoms with E-state index in [9.17, 15) is 9.59 Å². The van der Waals surface area contributed by atoms with Gasteiger partial charge in [-0.15, -0.1) is 0 Å². The minimum absolute atomic E-state index is 0.479. The van der Waals surface area contributed by atoms with Crippen LogP contribution < -0.4 is 5.76 Å². The number of hydrogen-bond donors (Lipinski definition) is 2. The number of H-pyrrole nitrogens is 1. The van der Waals surface area contributed by atoms with Crippen molar-refractivity contribution >= 4 is 17.1 Å². The molecule has 0 unspecified atom stereocenters. The summed E-state index contributed by atoms with van der Waals surface area (Å²) in [6.07, 6.45) is 1.16. The van der Waals surface area contributed by atoms with Gasteiger partial charge in [-0.3, -0.25) is 9.78 Å². The standard InChI is InChI=1S/C13H15NO4/c1-13(2,11(15)16)6-5-8-3-4-9-10(7-8)18-12(17)14-9/h3-4,7H,5-6H2,1-2H3,(H,14,17)(H,15,16). The summed E-state index contributed by atoms with van der Waals surface area (Å²) in [6, 6.07) is 5.40. The third kappa shape index (κ3) is 2.45. The van der Waals surface area contributed by atoms with Gasteiger partial charge in [-0.05, 0) is 44.4 Å². The number of benzene rings is 1. The van der Waals surface area contributed by atoms with Gasteiger partial charge in [0.2, 0.25) is 0 Å². The monoisotopic (exact) mass is 249 g/mol. The van der Waals surface area contributed by atoms with Crippen LogP contribution in [0.4, 0.5) is 0 Å². The maximum absolute atomic E-state index is 11.0. The van der Waals surface area contributed by atoms with Gasteiger partial charge < -0.3 is 9.52 Å². The molecule has 5 nitrogen and oxygen atoms in total. The molecule has 1 aromatic carbocycles. The molecule has 0 amide bonds. The first-order valence-electron chi connectivity index (χ1n) is 5.74. The van der Waals surface area contributed by atoms with Crippen molar-refractivity contribution in [2.45, 2.75) is 26.7 Å². The molecule has 1 aromatic heterocycles. The quantitative estimate of drug-likeness (QED) is 0.869. The van der Waals surface area contributed by atoms with E-state index in [0.717, 1.165) is 5.56 Å². The highest BCUT2D eigenvalue weighted by Crippen LogP contribution is 2.24. The Bertz CT molecular complexity index is 636. The number of nitrogens with one attached hydrogen (secondary N) is 1. The molecular weight excluding hydrogens is 234 g/mol. The molecule has 0 atom stereocenters. The molecule has 0 aliphatic heterocycles.